The number of nitrogens with zero attached hydrogens (tertiary/aromatic N) is 2. The van der Waals surface area contributed by atoms with Crippen molar-refractivity contribution in [2.45, 2.75) is 30.9 Å². The summed E-state index contributed by atoms with van der Waals surface area (Å²) in [5, 5.41) is 11.0. The molecule has 1 aromatic heterocycles. The van der Waals surface area contributed by atoms with Gasteiger partial charge in [0.15, 0.2) is 0 Å². The van der Waals surface area contributed by atoms with Crippen LogP contribution < -0.4 is 0 Å². The van der Waals surface area contributed by atoms with Gasteiger partial charge in [0.05, 0.1) is 17.2 Å². The lowest BCUT2D eigenvalue weighted by Gasteiger charge is -2.41. The number of pyridine rings is 1. The van der Waals surface area contributed by atoms with Gasteiger partial charge in [-0.25, -0.2) is 0 Å². The molecule has 0 aliphatic carbocycles. The van der Waals surface area contributed by atoms with Crippen LogP contribution >= 0.6 is 0 Å². The largest absolute Gasteiger partial charge is 0.389 e. The molecule has 1 atom stereocenters. The fraction of sp³-hybridized carbons (Fsp3) is 0.368. The van der Waals surface area contributed by atoms with Crippen molar-refractivity contribution in [2.75, 3.05) is 13.1 Å². The molecular weight excluding hydrogens is 288 g/mol. The van der Waals surface area contributed by atoms with Crippen molar-refractivity contribution >= 4 is 6.29 Å². The van der Waals surface area contributed by atoms with E-state index in [0.717, 1.165) is 25.9 Å². The molecule has 1 unspecified atom stereocenters. The molecule has 1 saturated heterocycles. The minimum atomic E-state index is -0.997. The second-order valence-electron chi connectivity index (χ2n) is 6.23. The summed E-state index contributed by atoms with van der Waals surface area (Å²) >= 11 is 0. The first-order valence-corrected chi connectivity index (χ1v) is 8.06. The Balaban J connectivity index is 1.65. The van der Waals surface area contributed by atoms with E-state index in [1.54, 1.807) is 6.20 Å². The van der Waals surface area contributed by atoms with Gasteiger partial charge in [-0.3, -0.25) is 9.88 Å². The van der Waals surface area contributed by atoms with E-state index in [1.165, 1.54) is 5.56 Å². The zero-order valence-electron chi connectivity index (χ0n) is 13.1. The van der Waals surface area contributed by atoms with Gasteiger partial charge in [0, 0.05) is 25.8 Å². The maximum absolute atomic E-state index is 11.6. The highest BCUT2D eigenvalue weighted by Gasteiger charge is 2.41. The van der Waals surface area contributed by atoms with Gasteiger partial charge in [-0.15, -0.1) is 0 Å². The third-order valence-electron chi connectivity index (χ3n) is 4.69. The lowest BCUT2D eigenvalue weighted by molar-refractivity contribution is -0.118. The van der Waals surface area contributed by atoms with Gasteiger partial charge < -0.3 is 9.90 Å². The minimum absolute atomic E-state index is 0.553. The molecule has 4 heteroatoms. The van der Waals surface area contributed by atoms with Crippen LogP contribution in [0.1, 0.15) is 30.0 Å². The number of rotatable bonds is 5. The Kier molecular flexibility index (Phi) is 4.84. The summed E-state index contributed by atoms with van der Waals surface area (Å²) in [6, 6.07) is 15.8. The highest BCUT2D eigenvalue weighted by atomic mass is 16.3. The number of piperidine rings is 1. The van der Waals surface area contributed by atoms with Crippen LogP contribution in [0.25, 0.3) is 0 Å². The molecule has 0 amide bonds. The molecule has 0 spiro atoms. The van der Waals surface area contributed by atoms with Crippen molar-refractivity contribution < 1.29 is 9.90 Å². The van der Waals surface area contributed by atoms with E-state index in [2.05, 4.69) is 22.0 Å². The first-order chi connectivity index (χ1) is 11.2. The average Bonchev–Trinajstić information content (AvgIpc) is 2.60. The maximum Gasteiger partial charge on any atom is 0.131 e. The van der Waals surface area contributed by atoms with Crippen molar-refractivity contribution in [3.63, 3.8) is 0 Å². The maximum atomic E-state index is 11.6. The number of aldehydes is 1. The molecule has 120 valence electrons. The molecule has 1 aliphatic rings. The van der Waals surface area contributed by atoms with Gasteiger partial charge in [-0.05, 0) is 30.5 Å². The van der Waals surface area contributed by atoms with Gasteiger partial charge in [0.25, 0.3) is 0 Å². The van der Waals surface area contributed by atoms with Gasteiger partial charge in [0.2, 0.25) is 0 Å². The summed E-state index contributed by atoms with van der Waals surface area (Å²) in [6.07, 6.45) is 3.68. The Labute approximate surface area is 136 Å². The van der Waals surface area contributed by atoms with Gasteiger partial charge in [-0.2, -0.15) is 0 Å². The SMILES string of the molecule is O=CC(c1ccccn1)C1(O)CCN(Cc2ccccc2)CC1. The van der Waals surface area contributed by atoms with Gasteiger partial charge in [0.1, 0.15) is 6.29 Å². The molecule has 2 aromatic rings. The normalized spacial score (nSPS) is 19.2. The van der Waals surface area contributed by atoms with Gasteiger partial charge >= 0.3 is 0 Å². The third kappa shape index (κ3) is 3.66. The molecule has 4 nitrogen and oxygen atoms in total. The number of likely N-dealkylation sites (tertiary alicyclic amines) is 1. The van der Waals surface area contributed by atoms with Crippen LogP contribution in [0.3, 0.4) is 0 Å². The Morgan fingerprint density at radius 1 is 1.13 bits per heavy atom. The van der Waals surface area contributed by atoms with E-state index in [1.807, 2.05) is 36.4 Å². The third-order valence-corrected chi connectivity index (χ3v) is 4.69. The number of hydrogen-bond acceptors (Lipinski definition) is 4. The summed E-state index contributed by atoms with van der Waals surface area (Å²) in [5.41, 5.74) is 0.930. The molecule has 0 radical (unpaired) electrons. The monoisotopic (exact) mass is 310 g/mol. The number of carbonyl (C=O) groups excluding carboxylic acids is 1. The average molecular weight is 310 g/mol. The van der Waals surface area contributed by atoms with E-state index in [4.69, 9.17) is 0 Å². The van der Waals surface area contributed by atoms with E-state index in [9.17, 15) is 9.90 Å². The lowest BCUT2D eigenvalue weighted by atomic mass is 9.78. The summed E-state index contributed by atoms with van der Waals surface area (Å²) in [5.74, 6) is -0.553. The topological polar surface area (TPSA) is 53.4 Å². The molecule has 0 bridgehead atoms. The van der Waals surface area contributed by atoms with E-state index < -0.39 is 11.5 Å². The zero-order chi connectivity index (χ0) is 16.1. The van der Waals surface area contributed by atoms with Crippen molar-refractivity contribution in [3.05, 3.63) is 66.0 Å². The molecule has 2 heterocycles. The van der Waals surface area contributed by atoms with Gasteiger partial charge in [-0.1, -0.05) is 36.4 Å². The predicted octanol–water partition coefficient (Wildman–Crippen LogP) is 2.39. The van der Waals surface area contributed by atoms with Crippen LogP contribution in [0.15, 0.2) is 54.7 Å². The zero-order valence-corrected chi connectivity index (χ0v) is 13.1. The Bertz CT molecular complexity index is 622. The van der Waals surface area contributed by atoms with Crippen LogP contribution in [0.5, 0.6) is 0 Å². The molecule has 1 aliphatic heterocycles. The fourth-order valence-electron chi connectivity index (χ4n) is 3.28. The minimum Gasteiger partial charge on any atom is -0.389 e. The molecule has 3 rings (SSSR count). The number of benzene rings is 1. The van der Waals surface area contributed by atoms with Crippen molar-refractivity contribution in [3.8, 4) is 0 Å². The molecule has 1 fully saturated rings. The van der Waals surface area contributed by atoms with E-state index >= 15 is 0 Å². The number of hydrogen-bond donors (Lipinski definition) is 1. The summed E-state index contributed by atoms with van der Waals surface area (Å²) in [4.78, 5) is 18.1. The summed E-state index contributed by atoms with van der Waals surface area (Å²) in [7, 11) is 0. The van der Waals surface area contributed by atoms with Crippen molar-refractivity contribution in [1.29, 1.82) is 0 Å². The molecular formula is C19H22N2O2. The van der Waals surface area contributed by atoms with Crippen LogP contribution in [0.2, 0.25) is 0 Å². The van der Waals surface area contributed by atoms with Crippen LogP contribution in [0.4, 0.5) is 0 Å². The van der Waals surface area contributed by atoms with E-state index in [-0.39, 0.29) is 0 Å². The Morgan fingerprint density at radius 2 is 1.83 bits per heavy atom. The predicted molar refractivity (Wildman–Crippen MR) is 88.9 cm³/mol. The molecule has 1 N–H and O–H groups in total. The van der Waals surface area contributed by atoms with Crippen LogP contribution in [0, 0.1) is 0 Å². The highest BCUT2D eigenvalue weighted by Crippen LogP contribution is 2.35. The Morgan fingerprint density at radius 3 is 2.43 bits per heavy atom. The number of carbonyl (C=O) groups is 1. The number of aliphatic hydroxyl groups is 1. The first-order valence-electron chi connectivity index (χ1n) is 8.06. The van der Waals surface area contributed by atoms with Crippen LogP contribution in [-0.4, -0.2) is 40.0 Å². The fourth-order valence-corrected chi connectivity index (χ4v) is 3.28. The smallest absolute Gasteiger partial charge is 0.131 e. The molecule has 23 heavy (non-hydrogen) atoms. The van der Waals surface area contributed by atoms with E-state index in [0.29, 0.717) is 18.5 Å². The van der Waals surface area contributed by atoms with Crippen molar-refractivity contribution in [2.24, 2.45) is 0 Å². The number of aromatic nitrogens is 1. The second-order valence-corrected chi connectivity index (χ2v) is 6.23. The standard InChI is InChI=1S/C19H22N2O2/c22-15-17(18-8-4-5-11-20-18)19(23)9-12-21(13-10-19)14-16-6-2-1-3-7-16/h1-8,11,15,17,23H,9-10,12-14H2. The molecule has 0 saturated carbocycles. The van der Waals surface area contributed by atoms with Crippen molar-refractivity contribution in [1.82, 2.24) is 9.88 Å². The highest BCUT2D eigenvalue weighted by molar-refractivity contribution is 5.63. The lowest BCUT2D eigenvalue weighted by Crippen LogP contribution is -2.48. The van der Waals surface area contributed by atoms with Crippen LogP contribution in [-0.2, 0) is 11.3 Å². The first kappa shape index (κ1) is 15.8. The molecule has 1 aromatic carbocycles. The Hall–Kier alpha value is -2.04. The summed E-state index contributed by atoms with van der Waals surface area (Å²) in [6.45, 7) is 2.44. The quantitative estimate of drug-likeness (QED) is 0.862. The summed E-state index contributed by atoms with van der Waals surface area (Å²) < 4.78 is 0. The second kappa shape index (κ2) is 7.02.